The first-order chi connectivity index (χ1) is 14.1. The van der Waals surface area contributed by atoms with Crippen LogP contribution < -0.4 is 11.1 Å². The zero-order valence-electron chi connectivity index (χ0n) is 17.0. The van der Waals surface area contributed by atoms with E-state index < -0.39 is 0 Å². The van der Waals surface area contributed by atoms with Crippen LogP contribution in [0.4, 0.5) is 5.69 Å². The fraction of sp³-hybridized carbons (Fsp3) is 0.435. The van der Waals surface area contributed by atoms with Gasteiger partial charge in [-0.05, 0) is 42.7 Å². The molecule has 1 aliphatic rings. The molecule has 29 heavy (non-hydrogen) atoms. The first-order valence-electron chi connectivity index (χ1n) is 10.4. The summed E-state index contributed by atoms with van der Waals surface area (Å²) < 4.78 is 0. The number of pyridine rings is 1. The van der Waals surface area contributed by atoms with E-state index in [1.807, 2.05) is 24.0 Å². The summed E-state index contributed by atoms with van der Waals surface area (Å²) in [5.74, 6) is -0.0120. The number of nitrogens with two attached hydrogens (primary N) is 1. The van der Waals surface area contributed by atoms with Crippen molar-refractivity contribution in [3.05, 3.63) is 59.9 Å². The first-order valence-corrected chi connectivity index (χ1v) is 10.4. The Morgan fingerprint density at radius 3 is 2.38 bits per heavy atom. The van der Waals surface area contributed by atoms with Gasteiger partial charge in [-0.15, -0.1) is 0 Å². The second-order valence-electron chi connectivity index (χ2n) is 7.61. The molecular formula is C23H30N4O2. The Morgan fingerprint density at radius 1 is 1.10 bits per heavy atom. The molecule has 1 aromatic heterocycles. The van der Waals surface area contributed by atoms with Gasteiger partial charge in [0.15, 0.2) is 0 Å². The lowest BCUT2D eigenvalue weighted by Gasteiger charge is -2.36. The topological polar surface area (TPSA) is 88.3 Å². The molecule has 3 rings (SSSR count). The third kappa shape index (κ3) is 5.64. The highest BCUT2D eigenvalue weighted by Crippen LogP contribution is 2.25. The van der Waals surface area contributed by atoms with Crippen molar-refractivity contribution in [3.8, 4) is 0 Å². The number of anilines is 1. The van der Waals surface area contributed by atoms with Crippen LogP contribution in [0.25, 0.3) is 0 Å². The van der Waals surface area contributed by atoms with Crippen molar-refractivity contribution < 1.29 is 9.59 Å². The van der Waals surface area contributed by atoms with E-state index in [4.69, 9.17) is 5.73 Å². The van der Waals surface area contributed by atoms with Gasteiger partial charge >= 0.3 is 0 Å². The van der Waals surface area contributed by atoms with Gasteiger partial charge in [0.25, 0.3) is 5.91 Å². The van der Waals surface area contributed by atoms with Crippen molar-refractivity contribution in [2.75, 3.05) is 11.9 Å². The van der Waals surface area contributed by atoms with E-state index in [-0.39, 0.29) is 17.9 Å². The molecule has 0 radical (unpaired) electrons. The molecule has 2 aromatic rings. The molecule has 1 fully saturated rings. The SMILES string of the molecule is CCC(=O)N(CC(N)c1ccc(C(=O)Nc2ccncc2)cc1)C1CCCCC1. The fourth-order valence-electron chi connectivity index (χ4n) is 3.89. The Bertz CT molecular complexity index is 801. The quantitative estimate of drug-likeness (QED) is 0.745. The van der Waals surface area contributed by atoms with Gasteiger partial charge in [-0.25, -0.2) is 0 Å². The van der Waals surface area contributed by atoms with Crippen LogP contribution in [-0.4, -0.2) is 34.3 Å². The Morgan fingerprint density at radius 2 is 1.76 bits per heavy atom. The molecule has 1 aliphatic carbocycles. The molecule has 0 saturated heterocycles. The van der Waals surface area contributed by atoms with E-state index in [9.17, 15) is 9.59 Å². The summed E-state index contributed by atoms with van der Waals surface area (Å²) in [7, 11) is 0. The smallest absolute Gasteiger partial charge is 0.255 e. The molecule has 1 heterocycles. The number of nitrogens with one attached hydrogen (secondary N) is 1. The van der Waals surface area contributed by atoms with Gasteiger partial charge in [0.1, 0.15) is 0 Å². The molecule has 0 bridgehead atoms. The molecule has 2 amide bonds. The van der Waals surface area contributed by atoms with Crippen LogP contribution in [0.2, 0.25) is 0 Å². The normalized spacial score (nSPS) is 15.5. The molecule has 1 aromatic carbocycles. The Labute approximate surface area is 172 Å². The van der Waals surface area contributed by atoms with E-state index in [1.54, 1.807) is 36.7 Å². The summed E-state index contributed by atoms with van der Waals surface area (Å²) >= 11 is 0. The maximum atomic E-state index is 12.5. The van der Waals surface area contributed by atoms with Crippen molar-refractivity contribution in [1.29, 1.82) is 0 Å². The molecule has 1 saturated carbocycles. The minimum atomic E-state index is -0.273. The maximum Gasteiger partial charge on any atom is 0.255 e. The molecule has 1 atom stereocenters. The van der Waals surface area contributed by atoms with E-state index in [1.165, 1.54) is 19.3 Å². The fourth-order valence-corrected chi connectivity index (χ4v) is 3.89. The van der Waals surface area contributed by atoms with Gasteiger partial charge in [-0.2, -0.15) is 0 Å². The van der Waals surface area contributed by atoms with Crippen LogP contribution >= 0.6 is 0 Å². The number of hydrogen-bond donors (Lipinski definition) is 2. The molecule has 3 N–H and O–H groups in total. The Kier molecular flexibility index (Phi) is 7.36. The van der Waals surface area contributed by atoms with Crippen molar-refractivity contribution in [2.24, 2.45) is 5.73 Å². The van der Waals surface area contributed by atoms with Crippen LogP contribution in [0.15, 0.2) is 48.8 Å². The average Bonchev–Trinajstić information content (AvgIpc) is 2.78. The molecule has 154 valence electrons. The Balaban J connectivity index is 1.64. The van der Waals surface area contributed by atoms with E-state index in [0.29, 0.717) is 30.3 Å². The van der Waals surface area contributed by atoms with Gasteiger partial charge < -0.3 is 16.0 Å². The van der Waals surface area contributed by atoms with E-state index in [0.717, 1.165) is 18.4 Å². The van der Waals surface area contributed by atoms with Crippen molar-refractivity contribution in [3.63, 3.8) is 0 Å². The highest BCUT2D eigenvalue weighted by molar-refractivity contribution is 6.04. The highest BCUT2D eigenvalue weighted by Gasteiger charge is 2.26. The molecule has 0 spiro atoms. The Hall–Kier alpha value is -2.73. The molecule has 6 heteroatoms. The molecular weight excluding hydrogens is 364 g/mol. The number of hydrogen-bond acceptors (Lipinski definition) is 4. The minimum Gasteiger partial charge on any atom is -0.338 e. The summed E-state index contributed by atoms with van der Waals surface area (Å²) in [4.78, 5) is 30.8. The third-order valence-electron chi connectivity index (χ3n) is 5.57. The largest absolute Gasteiger partial charge is 0.338 e. The molecule has 6 nitrogen and oxygen atoms in total. The summed E-state index contributed by atoms with van der Waals surface area (Å²) in [5, 5.41) is 2.84. The molecule has 0 aliphatic heterocycles. The van der Waals surface area contributed by atoms with Gasteiger partial charge in [0.05, 0.1) is 0 Å². The van der Waals surface area contributed by atoms with Gasteiger partial charge in [0, 0.05) is 48.7 Å². The zero-order valence-corrected chi connectivity index (χ0v) is 17.0. The second kappa shape index (κ2) is 10.2. The number of aromatic nitrogens is 1. The number of nitrogens with zero attached hydrogens (tertiary/aromatic N) is 2. The van der Waals surface area contributed by atoms with E-state index in [2.05, 4.69) is 10.3 Å². The number of rotatable bonds is 7. The summed E-state index contributed by atoms with van der Waals surface area (Å²) in [6.45, 7) is 2.42. The summed E-state index contributed by atoms with van der Waals surface area (Å²) in [6.07, 6.45) is 9.49. The lowest BCUT2D eigenvalue weighted by Crippen LogP contribution is -2.44. The van der Waals surface area contributed by atoms with Gasteiger partial charge in [-0.3, -0.25) is 14.6 Å². The number of carbonyl (C=O) groups is 2. The lowest BCUT2D eigenvalue weighted by molar-refractivity contribution is -0.134. The van der Waals surface area contributed by atoms with Crippen molar-refractivity contribution in [2.45, 2.75) is 57.5 Å². The number of benzene rings is 1. The first kappa shape index (κ1) is 21.0. The summed E-state index contributed by atoms with van der Waals surface area (Å²) in [6, 6.07) is 10.8. The van der Waals surface area contributed by atoms with Crippen molar-refractivity contribution >= 4 is 17.5 Å². The predicted octanol–water partition coefficient (Wildman–Crippen LogP) is 3.91. The van der Waals surface area contributed by atoms with Crippen molar-refractivity contribution in [1.82, 2.24) is 9.88 Å². The van der Waals surface area contributed by atoms with E-state index >= 15 is 0 Å². The summed E-state index contributed by atoms with van der Waals surface area (Å²) in [5.41, 5.74) is 8.63. The highest BCUT2D eigenvalue weighted by atomic mass is 16.2. The lowest BCUT2D eigenvalue weighted by atomic mass is 9.93. The average molecular weight is 395 g/mol. The van der Waals surface area contributed by atoms with Crippen LogP contribution in [-0.2, 0) is 4.79 Å². The number of amides is 2. The minimum absolute atomic E-state index is 0.167. The van der Waals surface area contributed by atoms with Crippen LogP contribution in [0.5, 0.6) is 0 Å². The van der Waals surface area contributed by atoms with Crippen LogP contribution in [0.3, 0.4) is 0 Å². The number of carbonyl (C=O) groups excluding carboxylic acids is 2. The van der Waals surface area contributed by atoms with Gasteiger partial charge in [-0.1, -0.05) is 38.3 Å². The zero-order chi connectivity index (χ0) is 20.6. The molecule has 1 unspecified atom stereocenters. The van der Waals surface area contributed by atoms with Crippen LogP contribution in [0.1, 0.15) is 67.4 Å². The third-order valence-corrected chi connectivity index (χ3v) is 5.57. The second-order valence-corrected chi connectivity index (χ2v) is 7.61. The van der Waals surface area contributed by atoms with Gasteiger partial charge in [0.2, 0.25) is 5.91 Å². The monoisotopic (exact) mass is 394 g/mol. The maximum absolute atomic E-state index is 12.5. The van der Waals surface area contributed by atoms with Crippen LogP contribution in [0, 0.1) is 0 Å². The predicted molar refractivity (Wildman–Crippen MR) is 114 cm³/mol. The standard InChI is InChI=1S/C23H30N4O2/c1-2-22(28)27(20-6-4-3-5-7-20)16-21(24)17-8-10-18(11-9-17)23(29)26-19-12-14-25-15-13-19/h8-15,20-21H,2-7,16,24H2,1H3,(H,25,26,29).